The van der Waals surface area contributed by atoms with Gasteiger partial charge >= 0.3 is 0 Å². The lowest BCUT2D eigenvalue weighted by Gasteiger charge is -2.37. The minimum absolute atomic E-state index is 0.288. The predicted molar refractivity (Wildman–Crippen MR) is 86.9 cm³/mol. The summed E-state index contributed by atoms with van der Waals surface area (Å²) in [4.78, 5) is 17.4. The molecular formula is C18H26N2O. The van der Waals surface area contributed by atoms with E-state index in [0.717, 1.165) is 51.0 Å². The Kier molecular flexibility index (Phi) is 3.78. The van der Waals surface area contributed by atoms with Crippen LogP contribution >= 0.6 is 0 Å². The van der Waals surface area contributed by atoms with E-state index in [1.807, 2.05) is 11.9 Å². The summed E-state index contributed by atoms with van der Waals surface area (Å²) in [6.07, 6.45) is 4.38. The van der Waals surface area contributed by atoms with E-state index < -0.39 is 0 Å². The smallest absolute Gasteiger partial charge is 0.238 e. The SMILES string of the molecule is CCCN(CC)CC12CCCc3cccc(c31)N(C)C2=O. The molecule has 0 fully saturated rings. The normalized spacial score (nSPS) is 23.8. The largest absolute Gasteiger partial charge is 0.314 e. The second-order valence-electron chi connectivity index (χ2n) is 6.48. The zero-order valence-electron chi connectivity index (χ0n) is 13.5. The van der Waals surface area contributed by atoms with Crippen molar-refractivity contribution in [2.75, 3.05) is 31.6 Å². The average Bonchev–Trinajstić information content (AvgIpc) is 2.72. The fourth-order valence-corrected chi connectivity index (χ4v) is 4.25. The van der Waals surface area contributed by atoms with Crippen molar-refractivity contribution >= 4 is 11.6 Å². The van der Waals surface area contributed by atoms with E-state index >= 15 is 0 Å². The molecule has 1 amide bonds. The Balaban J connectivity index is 2.06. The van der Waals surface area contributed by atoms with E-state index in [0.29, 0.717) is 5.91 Å². The van der Waals surface area contributed by atoms with E-state index in [4.69, 9.17) is 0 Å². The number of carbonyl (C=O) groups excluding carboxylic acids is 1. The third kappa shape index (κ3) is 2.10. The fourth-order valence-electron chi connectivity index (χ4n) is 4.25. The van der Waals surface area contributed by atoms with Crippen LogP contribution in [0.25, 0.3) is 0 Å². The number of likely N-dealkylation sites (N-methyl/N-ethyl adjacent to an activating group) is 2. The molecule has 0 saturated heterocycles. The molecule has 0 N–H and O–H groups in total. The summed E-state index contributed by atoms with van der Waals surface area (Å²) >= 11 is 0. The molecule has 2 aliphatic rings. The monoisotopic (exact) mass is 286 g/mol. The van der Waals surface area contributed by atoms with Gasteiger partial charge in [0, 0.05) is 19.3 Å². The van der Waals surface area contributed by atoms with Crippen LogP contribution in [0.1, 0.15) is 44.2 Å². The summed E-state index contributed by atoms with van der Waals surface area (Å²) in [5.41, 5.74) is 3.58. The molecule has 0 spiro atoms. The number of benzene rings is 1. The first-order valence-corrected chi connectivity index (χ1v) is 8.27. The van der Waals surface area contributed by atoms with Gasteiger partial charge in [0.05, 0.1) is 5.41 Å². The van der Waals surface area contributed by atoms with Gasteiger partial charge in [-0.25, -0.2) is 0 Å². The van der Waals surface area contributed by atoms with Crippen LogP contribution in [0.2, 0.25) is 0 Å². The lowest BCUT2D eigenvalue weighted by Crippen LogP contribution is -2.49. The van der Waals surface area contributed by atoms with E-state index in [1.54, 1.807) is 0 Å². The van der Waals surface area contributed by atoms with Gasteiger partial charge in [0.25, 0.3) is 0 Å². The van der Waals surface area contributed by atoms with E-state index in [1.165, 1.54) is 11.1 Å². The lowest BCUT2D eigenvalue weighted by atomic mass is 9.70. The summed E-state index contributed by atoms with van der Waals surface area (Å²) < 4.78 is 0. The third-order valence-electron chi connectivity index (χ3n) is 5.21. The van der Waals surface area contributed by atoms with Crippen LogP contribution in [-0.4, -0.2) is 37.5 Å². The first-order chi connectivity index (χ1) is 10.1. The van der Waals surface area contributed by atoms with Crippen LogP contribution < -0.4 is 4.90 Å². The zero-order valence-corrected chi connectivity index (χ0v) is 13.5. The Morgan fingerprint density at radius 2 is 2.14 bits per heavy atom. The fraction of sp³-hybridized carbons (Fsp3) is 0.611. The first-order valence-electron chi connectivity index (χ1n) is 8.27. The average molecular weight is 286 g/mol. The highest BCUT2D eigenvalue weighted by Crippen LogP contribution is 2.49. The molecule has 0 aromatic heterocycles. The number of anilines is 1. The van der Waals surface area contributed by atoms with Gasteiger partial charge in [-0.2, -0.15) is 0 Å². The van der Waals surface area contributed by atoms with Gasteiger partial charge in [-0.05, 0) is 56.0 Å². The van der Waals surface area contributed by atoms with Crippen LogP contribution in [0.3, 0.4) is 0 Å². The van der Waals surface area contributed by atoms with Gasteiger partial charge in [0.2, 0.25) is 5.91 Å². The number of hydrogen-bond acceptors (Lipinski definition) is 2. The maximum Gasteiger partial charge on any atom is 0.238 e. The van der Waals surface area contributed by atoms with Gasteiger partial charge in [-0.15, -0.1) is 0 Å². The summed E-state index contributed by atoms with van der Waals surface area (Å²) in [5.74, 6) is 0.305. The molecule has 1 unspecified atom stereocenters. The first kappa shape index (κ1) is 14.6. The highest BCUT2D eigenvalue weighted by atomic mass is 16.2. The summed E-state index contributed by atoms with van der Waals surface area (Å²) in [6.45, 7) is 7.38. The van der Waals surface area contributed by atoms with Crippen molar-refractivity contribution in [1.29, 1.82) is 0 Å². The molecule has 1 heterocycles. The molecule has 0 radical (unpaired) electrons. The van der Waals surface area contributed by atoms with Crippen LogP contribution in [0.15, 0.2) is 18.2 Å². The molecule has 1 aliphatic carbocycles. The molecule has 3 heteroatoms. The van der Waals surface area contributed by atoms with Gasteiger partial charge < -0.3 is 9.80 Å². The maximum atomic E-state index is 13.1. The van der Waals surface area contributed by atoms with E-state index in [2.05, 4.69) is 36.9 Å². The topological polar surface area (TPSA) is 23.6 Å². The van der Waals surface area contributed by atoms with E-state index in [9.17, 15) is 4.79 Å². The number of rotatable bonds is 5. The minimum Gasteiger partial charge on any atom is -0.314 e. The zero-order chi connectivity index (χ0) is 15.0. The van der Waals surface area contributed by atoms with Crippen LogP contribution in [0.5, 0.6) is 0 Å². The molecule has 0 saturated carbocycles. The lowest BCUT2D eigenvalue weighted by molar-refractivity contribution is -0.124. The molecule has 1 aliphatic heterocycles. The van der Waals surface area contributed by atoms with Crippen molar-refractivity contribution in [2.24, 2.45) is 0 Å². The molecule has 0 bridgehead atoms. The van der Waals surface area contributed by atoms with E-state index in [-0.39, 0.29) is 5.41 Å². The van der Waals surface area contributed by atoms with Gasteiger partial charge in [-0.3, -0.25) is 4.79 Å². The predicted octanol–water partition coefficient (Wildman–Crippen LogP) is 2.97. The van der Waals surface area contributed by atoms with Crippen LogP contribution in [0.4, 0.5) is 5.69 Å². The molecule has 3 rings (SSSR count). The summed E-state index contributed by atoms with van der Waals surface area (Å²) in [5, 5.41) is 0. The molecular weight excluding hydrogens is 260 g/mol. The van der Waals surface area contributed by atoms with Crippen molar-refractivity contribution < 1.29 is 4.79 Å². The molecule has 1 atom stereocenters. The quantitative estimate of drug-likeness (QED) is 0.831. The highest BCUT2D eigenvalue weighted by Gasteiger charge is 2.52. The Labute approximate surface area is 127 Å². The number of hydrogen-bond donors (Lipinski definition) is 0. The molecule has 3 nitrogen and oxygen atoms in total. The van der Waals surface area contributed by atoms with Gasteiger partial charge in [-0.1, -0.05) is 26.0 Å². The maximum absolute atomic E-state index is 13.1. The Hall–Kier alpha value is -1.35. The van der Waals surface area contributed by atoms with Crippen LogP contribution in [0, 0.1) is 0 Å². The van der Waals surface area contributed by atoms with Crippen molar-refractivity contribution in [3.05, 3.63) is 29.3 Å². The Morgan fingerprint density at radius 1 is 1.33 bits per heavy atom. The number of amides is 1. The third-order valence-corrected chi connectivity index (χ3v) is 5.21. The minimum atomic E-state index is -0.288. The molecule has 21 heavy (non-hydrogen) atoms. The van der Waals surface area contributed by atoms with Gasteiger partial charge in [0.1, 0.15) is 0 Å². The summed E-state index contributed by atoms with van der Waals surface area (Å²) in [7, 11) is 1.94. The van der Waals surface area contributed by atoms with Crippen LogP contribution in [-0.2, 0) is 16.6 Å². The summed E-state index contributed by atoms with van der Waals surface area (Å²) in [6, 6.07) is 6.43. The second kappa shape index (κ2) is 5.45. The Morgan fingerprint density at radius 3 is 2.86 bits per heavy atom. The molecule has 1 aromatic rings. The van der Waals surface area contributed by atoms with Crippen molar-refractivity contribution in [2.45, 2.75) is 44.9 Å². The number of aryl methyl sites for hydroxylation is 1. The number of nitrogens with zero attached hydrogens (tertiary/aromatic N) is 2. The molecule has 1 aromatic carbocycles. The standard InChI is InChI=1S/C18H26N2O/c1-4-12-20(5-2)13-18-11-7-9-14-8-6-10-15(16(14)18)19(3)17(18)21/h6,8,10H,4-5,7,9,11-13H2,1-3H3. The van der Waals surface area contributed by atoms with Crippen molar-refractivity contribution in [3.63, 3.8) is 0 Å². The van der Waals surface area contributed by atoms with Crippen molar-refractivity contribution in [1.82, 2.24) is 4.90 Å². The number of carbonyl (C=O) groups is 1. The highest BCUT2D eigenvalue weighted by molar-refractivity contribution is 6.08. The molecule has 114 valence electrons. The second-order valence-corrected chi connectivity index (χ2v) is 6.48. The van der Waals surface area contributed by atoms with Crippen molar-refractivity contribution in [3.8, 4) is 0 Å². The Bertz CT molecular complexity index is 554. The van der Waals surface area contributed by atoms with Gasteiger partial charge in [0.15, 0.2) is 0 Å².